The first-order chi connectivity index (χ1) is 9.08. The molecule has 2 nitrogen and oxygen atoms in total. The largest absolute Gasteiger partial charge is 0.314 e. The van der Waals surface area contributed by atoms with Gasteiger partial charge in [-0.1, -0.05) is 18.6 Å². The Morgan fingerprint density at radius 2 is 2.16 bits per heavy atom. The van der Waals surface area contributed by atoms with E-state index in [4.69, 9.17) is 0 Å². The minimum atomic E-state index is -0.114. The first-order valence-corrected chi connectivity index (χ1v) is 7.24. The van der Waals surface area contributed by atoms with Crippen molar-refractivity contribution in [1.82, 2.24) is 10.2 Å². The maximum atomic E-state index is 13.4. The van der Waals surface area contributed by atoms with Gasteiger partial charge in [-0.05, 0) is 64.0 Å². The first kappa shape index (κ1) is 14.5. The number of aryl methyl sites for hydroxylation is 1. The van der Waals surface area contributed by atoms with E-state index in [2.05, 4.69) is 24.3 Å². The Balaban J connectivity index is 2.12. The number of piperidine rings is 1. The number of hydrogen-bond donors (Lipinski definition) is 1. The smallest absolute Gasteiger partial charge is 0.126 e. The molecule has 0 bridgehead atoms. The third-order valence-corrected chi connectivity index (χ3v) is 4.11. The van der Waals surface area contributed by atoms with E-state index in [-0.39, 0.29) is 5.82 Å². The topological polar surface area (TPSA) is 15.3 Å². The van der Waals surface area contributed by atoms with Crippen LogP contribution in [0.4, 0.5) is 4.39 Å². The molecule has 1 fully saturated rings. The van der Waals surface area contributed by atoms with E-state index in [9.17, 15) is 4.39 Å². The zero-order valence-electron chi connectivity index (χ0n) is 12.2. The van der Waals surface area contributed by atoms with Crippen molar-refractivity contribution in [3.63, 3.8) is 0 Å². The highest BCUT2D eigenvalue weighted by Crippen LogP contribution is 2.27. The Hall–Kier alpha value is -0.930. The van der Waals surface area contributed by atoms with Crippen LogP contribution >= 0.6 is 0 Å². The molecule has 0 spiro atoms. The molecule has 0 aromatic heterocycles. The first-order valence-electron chi connectivity index (χ1n) is 7.24. The van der Waals surface area contributed by atoms with E-state index < -0.39 is 0 Å². The molecule has 0 aliphatic carbocycles. The van der Waals surface area contributed by atoms with Gasteiger partial charge in [-0.3, -0.25) is 0 Å². The van der Waals surface area contributed by atoms with Crippen LogP contribution < -0.4 is 5.32 Å². The quantitative estimate of drug-likeness (QED) is 0.898. The summed E-state index contributed by atoms with van der Waals surface area (Å²) >= 11 is 0. The Morgan fingerprint density at radius 1 is 1.37 bits per heavy atom. The molecular weight excluding hydrogens is 239 g/mol. The van der Waals surface area contributed by atoms with Gasteiger partial charge in [0.05, 0.1) is 0 Å². The van der Waals surface area contributed by atoms with Crippen molar-refractivity contribution in [1.29, 1.82) is 0 Å². The van der Waals surface area contributed by atoms with Gasteiger partial charge in [-0.2, -0.15) is 0 Å². The molecule has 19 heavy (non-hydrogen) atoms. The van der Waals surface area contributed by atoms with Gasteiger partial charge in [0.25, 0.3) is 0 Å². The summed E-state index contributed by atoms with van der Waals surface area (Å²) < 4.78 is 13.4. The Labute approximate surface area is 116 Å². The van der Waals surface area contributed by atoms with Crippen LogP contribution in [0.1, 0.15) is 42.9 Å². The summed E-state index contributed by atoms with van der Waals surface area (Å²) in [5.41, 5.74) is 1.96. The molecule has 1 aromatic carbocycles. The van der Waals surface area contributed by atoms with Gasteiger partial charge in [0.1, 0.15) is 5.82 Å². The standard InChI is InChI=1S/C16H25FN2/c1-12-10-13(7-8-15(12)17)16(19(2)3)11-14-6-4-5-9-18-14/h7-8,10,14,16,18H,4-6,9,11H2,1-3H3. The molecule has 1 aromatic rings. The van der Waals surface area contributed by atoms with Gasteiger partial charge in [0.15, 0.2) is 0 Å². The number of hydrogen-bond acceptors (Lipinski definition) is 2. The molecule has 0 amide bonds. The van der Waals surface area contributed by atoms with Crippen LogP contribution in [0, 0.1) is 12.7 Å². The molecule has 1 aliphatic heterocycles. The van der Waals surface area contributed by atoms with E-state index in [1.807, 2.05) is 19.1 Å². The second kappa shape index (κ2) is 6.49. The Bertz CT molecular complexity index is 411. The van der Waals surface area contributed by atoms with Crippen molar-refractivity contribution >= 4 is 0 Å². The summed E-state index contributed by atoms with van der Waals surface area (Å²) in [6, 6.07) is 6.45. The van der Waals surface area contributed by atoms with Crippen molar-refractivity contribution < 1.29 is 4.39 Å². The predicted octanol–water partition coefficient (Wildman–Crippen LogP) is 3.27. The fourth-order valence-electron chi connectivity index (χ4n) is 2.91. The number of nitrogens with zero attached hydrogens (tertiary/aromatic N) is 1. The minimum absolute atomic E-state index is 0.114. The molecule has 2 unspecified atom stereocenters. The molecule has 2 atom stereocenters. The minimum Gasteiger partial charge on any atom is -0.314 e. The fraction of sp³-hybridized carbons (Fsp3) is 0.625. The molecule has 2 rings (SSSR count). The lowest BCUT2D eigenvalue weighted by molar-refractivity contribution is 0.240. The van der Waals surface area contributed by atoms with Crippen LogP contribution in [0.15, 0.2) is 18.2 Å². The van der Waals surface area contributed by atoms with Crippen molar-refractivity contribution in [2.75, 3.05) is 20.6 Å². The van der Waals surface area contributed by atoms with E-state index in [1.165, 1.54) is 24.8 Å². The Kier molecular flexibility index (Phi) is 4.94. The summed E-state index contributed by atoms with van der Waals surface area (Å²) in [6.07, 6.45) is 4.96. The normalized spacial score (nSPS) is 21.6. The molecule has 0 radical (unpaired) electrons. The SMILES string of the molecule is Cc1cc(C(CC2CCCCN2)N(C)C)ccc1F. The molecule has 1 aliphatic rings. The molecular formula is C16H25FN2. The average Bonchev–Trinajstić information content (AvgIpc) is 2.40. The summed E-state index contributed by atoms with van der Waals surface area (Å²) in [7, 11) is 4.21. The molecule has 106 valence electrons. The number of rotatable bonds is 4. The summed E-state index contributed by atoms with van der Waals surface area (Å²) in [6.45, 7) is 2.97. The van der Waals surface area contributed by atoms with E-state index in [0.717, 1.165) is 18.5 Å². The lowest BCUT2D eigenvalue weighted by Gasteiger charge is -2.31. The number of halogens is 1. The zero-order valence-corrected chi connectivity index (χ0v) is 12.2. The highest BCUT2D eigenvalue weighted by atomic mass is 19.1. The van der Waals surface area contributed by atoms with Crippen LogP contribution in [-0.2, 0) is 0 Å². The second-order valence-electron chi connectivity index (χ2n) is 5.87. The highest BCUT2D eigenvalue weighted by molar-refractivity contribution is 5.26. The summed E-state index contributed by atoms with van der Waals surface area (Å²) in [4.78, 5) is 2.24. The van der Waals surface area contributed by atoms with Crippen LogP contribution in [-0.4, -0.2) is 31.6 Å². The molecule has 1 N–H and O–H groups in total. The van der Waals surface area contributed by atoms with Crippen molar-refractivity contribution in [3.05, 3.63) is 35.1 Å². The molecule has 0 saturated carbocycles. The highest BCUT2D eigenvalue weighted by Gasteiger charge is 2.21. The fourth-order valence-corrected chi connectivity index (χ4v) is 2.91. The van der Waals surface area contributed by atoms with Gasteiger partial charge in [0.2, 0.25) is 0 Å². The van der Waals surface area contributed by atoms with Gasteiger partial charge >= 0.3 is 0 Å². The third kappa shape index (κ3) is 3.77. The van der Waals surface area contributed by atoms with E-state index in [1.54, 1.807) is 6.07 Å². The van der Waals surface area contributed by atoms with Gasteiger partial charge < -0.3 is 10.2 Å². The molecule has 3 heteroatoms. The summed E-state index contributed by atoms with van der Waals surface area (Å²) in [5.74, 6) is -0.114. The van der Waals surface area contributed by atoms with Crippen LogP contribution in [0.5, 0.6) is 0 Å². The van der Waals surface area contributed by atoms with E-state index in [0.29, 0.717) is 12.1 Å². The number of benzene rings is 1. The monoisotopic (exact) mass is 264 g/mol. The van der Waals surface area contributed by atoms with Crippen molar-refractivity contribution in [3.8, 4) is 0 Å². The van der Waals surface area contributed by atoms with Gasteiger partial charge in [-0.25, -0.2) is 4.39 Å². The lowest BCUT2D eigenvalue weighted by Crippen LogP contribution is -2.37. The number of nitrogens with one attached hydrogen (secondary N) is 1. The van der Waals surface area contributed by atoms with Gasteiger partial charge in [-0.15, -0.1) is 0 Å². The molecule has 1 saturated heterocycles. The van der Waals surface area contributed by atoms with Crippen LogP contribution in [0.3, 0.4) is 0 Å². The zero-order chi connectivity index (χ0) is 13.8. The average molecular weight is 264 g/mol. The van der Waals surface area contributed by atoms with Crippen molar-refractivity contribution in [2.24, 2.45) is 0 Å². The second-order valence-corrected chi connectivity index (χ2v) is 5.87. The molecule has 1 heterocycles. The maximum absolute atomic E-state index is 13.4. The van der Waals surface area contributed by atoms with Crippen LogP contribution in [0.2, 0.25) is 0 Å². The van der Waals surface area contributed by atoms with E-state index >= 15 is 0 Å². The van der Waals surface area contributed by atoms with Crippen molar-refractivity contribution in [2.45, 2.75) is 44.7 Å². The maximum Gasteiger partial charge on any atom is 0.126 e. The predicted molar refractivity (Wildman–Crippen MR) is 77.8 cm³/mol. The third-order valence-electron chi connectivity index (χ3n) is 4.11. The van der Waals surface area contributed by atoms with Gasteiger partial charge in [0, 0.05) is 12.1 Å². The lowest BCUT2D eigenvalue weighted by atomic mass is 9.93. The Morgan fingerprint density at radius 3 is 2.74 bits per heavy atom. The van der Waals surface area contributed by atoms with Crippen LogP contribution in [0.25, 0.3) is 0 Å². The summed E-state index contributed by atoms with van der Waals surface area (Å²) in [5, 5.41) is 3.60.